The number of carboxylic acid groups (broad SMARTS) is 2. The Hall–Kier alpha value is -5.03. The van der Waals surface area contributed by atoms with Crippen molar-refractivity contribution in [2.75, 3.05) is 33.8 Å². The van der Waals surface area contributed by atoms with Crippen LogP contribution in [0.15, 0.2) is 85.1 Å². The van der Waals surface area contributed by atoms with Gasteiger partial charge in [0.1, 0.15) is 11.4 Å². The van der Waals surface area contributed by atoms with Crippen LogP contribution in [0, 0.1) is 0 Å². The fourth-order valence-corrected chi connectivity index (χ4v) is 3.38. The lowest BCUT2D eigenvalue weighted by Crippen LogP contribution is -2.34. The monoisotopic (exact) mass is 531 g/mol. The van der Waals surface area contributed by atoms with Crippen molar-refractivity contribution >= 4 is 28.9 Å². The maximum Gasteiger partial charge on any atom is 0.328 e. The molecule has 4 rings (SSSR count). The number of carbonyl (C=O) groups excluding carboxylic acids is 1. The average molecular weight is 532 g/mol. The topological polar surface area (TPSA) is 147 Å². The Balaban J connectivity index is 0.000000459. The van der Waals surface area contributed by atoms with Gasteiger partial charge in [0.15, 0.2) is 12.3 Å². The molecule has 0 saturated heterocycles. The summed E-state index contributed by atoms with van der Waals surface area (Å²) in [7, 11) is 3.93. The van der Waals surface area contributed by atoms with E-state index in [1.54, 1.807) is 6.20 Å². The van der Waals surface area contributed by atoms with Crippen LogP contribution in [0.5, 0.6) is 5.75 Å². The smallest absolute Gasteiger partial charge is 0.328 e. The summed E-state index contributed by atoms with van der Waals surface area (Å²) in [6, 6.07) is 21.5. The summed E-state index contributed by atoms with van der Waals surface area (Å²) >= 11 is 0. The number of hydrogen-bond donors (Lipinski definition) is 3. The molecule has 0 fully saturated rings. The molecule has 0 aliphatic carbocycles. The molecule has 2 aromatic carbocycles. The summed E-state index contributed by atoms with van der Waals surface area (Å²) in [5.41, 5.74) is 3.56. The Morgan fingerprint density at radius 2 is 1.62 bits per heavy atom. The highest BCUT2D eigenvalue weighted by molar-refractivity contribution is 5.92. The summed E-state index contributed by atoms with van der Waals surface area (Å²) in [5.74, 6) is -2.01. The highest BCUT2D eigenvalue weighted by atomic mass is 16.5. The van der Waals surface area contributed by atoms with Crippen molar-refractivity contribution in [3.05, 3.63) is 85.1 Å². The number of aliphatic carboxylic acids is 2. The van der Waals surface area contributed by atoms with Gasteiger partial charge in [-0.15, -0.1) is 0 Å². The van der Waals surface area contributed by atoms with Crippen LogP contribution in [0.1, 0.15) is 0 Å². The number of rotatable bonds is 10. The SMILES string of the molecule is CN(C)CCNC(=O)COc1ccc(-c2nn(-c3ccccc3)c3ncccc23)cc1.O=C(O)/C=C\C(=O)O. The van der Waals surface area contributed by atoms with Gasteiger partial charge in [0, 0.05) is 42.4 Å². The molecule has 202 valence electrons. The molecule has 0 bridgehead atoms. The zero-order valence-corrected chi connectivity index (χ0v) is 21.5. The molecule has 0 saturated carbocycles. The summed E-state index contributed by atoms with van der Waals surface area (Å²) in [5, 5.41) is 24.3. The summed E-state index contributed by atoms with van der Waals surface area (Å²) in [6.07, 6.45) is 2.89. The summed E-state index contributed by atoms with van der Waals surface area (Å²) in [4.78, 5) is 37.5. The molecule has 2 aromatic heterocycles. The molecule has 0 spiro atoms. The van der Waals surface area contributed by atoms with Crippen molar-refractivity contribution in [2.24, 2.45) is 0 Å². The summed E-state index contributed by atoms with van der Waals surface area (Å²) < 4.78 is 7.47. The Bertz CT molecular complexity index is 1420. The average Bonchev–Trinajstić information content (AvgIpc) is 3.31. The second kappa shape index (κ2) is 14.1. The predicted octanol–water partition coefficient (Wildman–Crippen LogP) is 2.86. The maximum absolute atomic E-state index is 11.9. The Kier molecular flexibility index (Phi) is 10.3. The highest BCUT2D eigenvalue weighted by Gasteiger charge is 2.14. The van der Waals surface area contributed by atoms with E-state index in [9.17, 15) is 14.4 Å². The van der Waals surface area contributed by atoms with Crippen LogP contribution >= 0.6 is 0 Å². The van der Waals surface area contributed by atoms with Gasteiger partial charge in [-0.2, -0.15) is 5.10 Å². The first kappa shape index (κ1) is 28.5. The van der Waals surface area contributed by atoms with E-state index >= 15 is 0 Å². The Morgan fingerprint density at radius 3 is 2.23 bits per heavy atom. The second-order valence-corrected chi connectivity index (χ2v) is 8.45. The molecule has 0 atom stereocenters. The van der Waals surface area contributed by atoms with E-state index in [1.165, 1.54) is 0 Å². The van der Waals surface area contributed by atoms with Gasteiger partial charge in [-0.25, -0.2) is 19.3 Å². The molecule has 39 heavy (non-hydrogen) atoms. The molecule has 3 N–H and O–H groups in total. The molecule has 2 heterocycles. The third kappa shape index (κ3) is 8.79. The van der Waals surface area contributed by atoms with Crippen LogP contribution < -0.4 is 10.1 Å². The molecule has 0 aliphatic heterocycles. The predicted molar refractivity (Wildman–Crippen MR) is 146 cm³/mol. The van der Waals surface area contributed by atoms with Crippen molar-refractivity contribution in [1.82, 2.24) is 25.0 Å². The second-order valence-electron chi connectivity index (χ2n) is 8.45. The third-order valence-electron chi connectivity index (χ3n) is 5.19. The first-order chi connectivity index (χ1) is 18.7. The van der Waals surface area contributed by atoms with E-state index in [4.69, 9.17) is 20.0 Å². The van der Waals surface area contributed by atoms with E-state index < -0.39 is 11.9 Å². The number of nitrogens with one attached hydrogen (secondary N) is 1. The van der Waals surface area contributed by atoms with Crippen molar-refractivity contribution in [2.45, 2.75) is 0 Å². The number of benzene rings is 2. The number of carbonyl (C=O) groups is 3. The summed E-state index contributed by atoms with van der Waals surface area (Å²) in [6.45, 7) is 1.38. The number of amides is 1. The number of hydrogen-bond acceptors (Lipinski definition) is 7. The normalized spacial score (nSPS) is 10.7. The van der Waals surface area contributed by atoms with E-state index in [0.29, 0.717) is 24.4 Å². The number of carboxylic acids is 2. The van der Waals surface area contributed by atoms with E-state index in [0.717, 1.165) is 34.5 Å². The zero-order valence-electron chi connectivity index (χ0n) is 21.5. The molecular formula is C28H29N5O6. The van der Waals surface area contributed by atoms with E-state index in [1.807, 2.05) is 90.4 Å². The van der Waals surface area contributed by atoms with Gasteiger partial charge in [-0.3, -0.25) is 4.79 Å². The lowest BCUT2D eigenvalue weighted by Gasteiger charge is -2.11. The van der Waals surface area contributed by atoms with Crippen LogP contribution in [0.2, 0.25) is 0 Å². The van der Waals surface area contributed by atoms with Crippen LogP contribution in [0.3, 0.4) is 0 Å². The molecule has 0 aliphatic rings. The molecule has 0 radical (unpaired) electrons. The molecule has 11 nitrogen and oxygen atoms in total. The van der Waals surface area contributed by atoms with Gasteiger partial charge in [0.2, 0.25) is 0 Å². The number of pyridine rings is 1. The molecule has 4 aromatic rings. The number of fused-ring (bicyclic) bond motifs is 1. The molecule has 1 amide bonds. The van der Waals surface area contributed by atoms with Crippen molar-refractivity contribution in [3.8, 4) is 22.7 Å². The quantitative estimate of drug-likeness (QED) is 0.263. The fourth-order valence-electron chi connectivity index (χ4n) is 3.38. The molecule has 0 unspecified atom stereocenters. The number of aromatic nitrogens is 3. The van der Waals surface area contributed by atoms with Crippen molar-refractivity contribution in [3.63, 3.8) is 0 Å². The van der Waals surface area contributed by atoms with Gasteiger partial charge in [0.25, 0.3) is 5.91 Å². The minimum Gasteiger partial charge on any atom is -0.484 e. The minimum absolute atomic E-state index is 0.0116. The largest absolute Gasteiger partial charge is 0.484 e. The van der Waals surface area contributed by atoms with Gasteiger partial charge >= 0.3 is 11.9 Å². The number of likely N-dealkylation sites (N-methyl/N-ethyl adjacent to an activating group) is 1. The van der Waals surface area contributed by atoms with E-state index in [-0.39, 0.29) is 12.5 Å². The van der Waals surface area contributed by atoms with Gasteiger partial charge in [-0.1, -0.05) is 18.2 Å². The molecule has 11 heteroatoms. The van der Waals surface area contributed by atoms with Gasteiger partial charge in [-0.05, 0) is 62.6 Å². The van der Waals surface area contributed by atoms with E-state index in [2.05, 4.69) is 10.3 Å². The van der Waals surface area contributed by atoms with Crippen molar-refractivity contribution < 1.29 is 29.3 Å². The molecular weight excluding hydrogens is 502 g/mol. The lowest BCUT2D eigenvalue weighted by atomic mass is 10.1. The Morgan fingerprint density at radius 1 is 0.949 bits per heavy atom. The van der Waals surface area contributed by atoms with Crippen LogP contribution in [-0.4, -0.2) is 81.5 Å². The number of para-hydroxylation sites is 1. The number of ether oxygens (including phenoxy) is 1. The Labute approximate surface area is 225 Å². The highest BCUT2D eigenvalue weighted by Crippen LogP contribution is 2.29. The standard InChI is InChI=1S/C24H25N5O2.C4H4O4/c1-28(2)16-15-25-22(30)17-31-20-12-10-18(11-13-20)23-21-9-6-14-26-24(21)29(27-23)19-7-4-3-5-8-19;5-3(6)1-2-4(7)8/h3-14H,15-17H2,1-2H3,(H,25,30);1-2H,(H,5,6)(H,7,8)/b;2-1-. The van der Waals surface area contributed by atoms with Crippen LogP contribution in [0.25, 0.3) is 28.0 Å². The fraction of sp³-hybridized carbons (Fsp3) is 0.179. The number of nitrogens with zero attached hydrogens (tertiary/aromatic N) is 4. The first-order valence-corrected chi connectivity index (χ1v) is 11.9. The lowest BCUT2D eigenvalue weighted by molar-refractivity contribution is -0.134. The van der Waals surface area contributed by atoms with Crippen molar-refractivity contribution in [1.29, 1.82) is 0 Å². The van der Waals surface area contributed by atoms with Crippen LogP contribution in [0.4, 0.5) is 0 Å². The zero-order chi connectivity index (χ0) is 28.2. The van der Waals surface area contributed by atoms with Crippen LogP contribution in [-0.2, 0) is 14.4 Å². The maximum atomic E-state index is 11.9. The first-order valence-electron chi connectivity index (χ1n) is 11.9. The minimum atomic E-state index is -1.26. The van der Waals surface area contributed by atoms with Gasteiger partial charge < -0.3 is 25.2 Å². The van der Waals surface area contributed by atoms with Gasteiger partial charge in [0.05, 0.1) is 5.69 Å². The third-order valence-corrected chi connectivity index (χ3v) is 5.19.